The zero-order chi connectivity index (χ0) is 15.7. The molecule has 0 aliphatic carbocycles. The van der Waals surface area contributed by atoms with Crippen molar-refractivity contribution in [3.63, 3.8) is 0 Å². The molecule has 3 aromatic rings. The van der Waals surface area contributed by atoms with Gasteiger partial charge in [-0.2, -0.15) is 0 Å². The smallest absolute Gasteiger partial charge is 0.204 e. The third-order valence-electron chi connectivity index (χ3n) is 3.44. The van der Waals surface area contributed by atoms with Crippen molar-refractivity contribution in [1.29, 1.82) is 0 Å². The summed E-state index contributed by atoms with van der Waals surface area (Å²) in [6.45, 7) is 0. The Bertz CT molecular complexity index is 882. The first-order valence-corrected chi connectivity index (χ1v) is 6.96. The van der Waals surface area contributed by atoms with Crippen LogP contribution < -0.4 is 14.9 Å². The topological polar surface area (TPSA) is 48.7 Å². The van der Waals surface area contributed by atoms with E-state index in [1.54, 1.807) is 36.4 Å². The maximum absolute atomic E-state index is 12.7. The van der Waals surface area contributed by atoms with Crippen LogP contribution in [0.15, 0.2) is 51.9 Å². The van der Waals surface area contributed by atoms with Gasteiger partial charge >= 0.3 is 0 Å². The van der Waals surface area contributed by atoms with Crippen LogP contribution in [-0.2, 0) is 0 Å². The quantitative estimate of drug-likeness (QED) is 0.729. The van der Waals surface area contributed by atoms with Gasteiger partial charge in [-0.25, -0.2) is 0 Å². The summed E-state index contributed by atoms with van der Waals surface area (Å²) in [6.07, 6.45) is 1.43. The van der Waals surface area contributed by atoms with Crippen LogP contribution in [0.1, 0.15) is 0 Å². The van der Waals surface area contributed by atoms with Gasteiger partial charge in [0.15, 0.2) is 11.3 Å². The standard InChI is InChI=1S/C17H13ClO4/c1-20-14-8-7-12-15(19)13(9-22-16(12)17(14)21-2)10-3-5-11(18)6-4-10/h3-9H,1-2H3. The molecule has 0 bridgehead atoms. The van der Waals surface area contributed by atoms with E-state index in [2.05, 4.69) is 0 Å². The van der Waals surface area contributed by atoms with Gasteiger partial charge in [-0.3, -0.25) is 4.79 Å². The monoisotopic (exact) mass is 316 g/mol. The third kappa shape index (κ3) is 2.31. The van der Waals surface area contributed by atoms with Gasteiger partial charge in [-0.15, -0.1) is 0 Å². The molecule has 2 aromatic carbocycles. The molecule has 1 aromatic heterocycles. The fraction of sp³-hybridized carbons (Fsp3) is 0.118. The Kier molecular flexibility index (Phi) is 3.77. The average Bonchev–Trinajstić information content (AvgIpc) is 2.55. The van der Waals surface area contributed by atoms with Crippen molar-refractivity contribution >= 4 is 22.6 Å². The van der Waals surface area contributed by atoms with Crippen LogP contribution in [0.5, 0.6) is 11.5 Å². The number of hydrogen-bond donors (Lipinski definition) is 0. The summed E-state index contributed by atoms with van der Waals surface area (Å²) in [5, 5.41) is 1.05. The lowest BCUT2D eigenvalue weighted by molar-refractivity contribution is 0.353. The van der Waals surface area contributed by atoms with Gasteiger partial charge in [0, 0.05) is 5.02 Å². The molecule has 0 spiro atoms. The van der Waals surface area contributed by atoms with Crippen LogP contribution >= 0.6 is 11.6 Å². The maximum Gasteiger partial charge on any atom is 0.204 e. The predicted octanol–water partition coefficient (Wildman–Crippen LogP) is 4.13. The molecule has 0 N–H and O–H groups in total. The van der Waals surface area contributed by atoms with Gasteiger partial charge in [0.2, 0.25) is 11.2 Å². The molecule has 3 rings (SSSR count). The Hall–Kier alpha value is -2.46. The van der Waals surface area contributed by atoms with E-state index < -0.39 is 0 Å². The highest BCUT2D eigenvalue weighted by Crippen LogP contribution is 2.35. The molecule has 0 saturated carbocycles. The molecule has 5 heteroatoms. The number of rotatable bonds is 3. The van der Waals surface area contributed by atoms with Gasteiger partial charge in [-0.1, -0.05) is 23.7 Å². The van der Waals surface area contributed by atoms with Crippen molar-refractivity contribution in [2.75, 3.05) is 14.2 Å². The van der Waals surface area contributed by atoms with Crippen LogP contribution in [0.25, 0.3) is 22.1 Å². The number of methoxy groups -OCH3 is 2. The Morgan fingerprint density at radius 1 is 1.00 bits per heavy atom. The molecule has 4 nitrogen and oxygen atoms in total. The van der Waals surface area contributed by atoms with Gasteiger partial charge < -0.3 is 13.9 Å². The lowest BCUT2D eigenvalue weighted by atomic mass is 10.1. The predicted molar refractivity (Wildman–Crippen MR) is 86.0 cm³/mol. The molecular weight excluding hydrogens is 304 g/mol. The second-order valence-electron chi connectivity index (χ2n) is 4.66. The van der Waals surface area contributed by atoms with Gasteiger partial charge in [0.1, 0.15) is 6.26 Å². The van der Waals surface area contributed by atoms with E-state index in [0.29, 0.717) is 33.1 Å². The summed E-state index contributed by atoms with van der Waals surface area (Å²) in [5.74, 6) is 0.914. The average molecular weight is 317 g/mol. The molecule has 0 aliphatic heterocycles. The molecule has 1 heterocycles. The number of benzene rings is 2. The summed E-state index contributed by atoms with van der Waals surface area (Å²) in [7, 11) is 3.04. The Morgan fingerprint density at radius 3 is 2.36 bits per heavy atom. The molecule has 22 heavy (non-hydrogen) atoms. The van der Waals surface area contributed by atoms with Crippen molar-refractivity contribution < 1.29 is 13.9 Å². The largest absolute Gasteiger partial charge is 0.493 e. The van der Waals surface area contributed by atoms with Crippen LogP contribution in [0.2, 0.25) is 5.02 Å². The summed E-state index contributed by atoms with van der Waals surface area (Å²) < 4.78 is 16.1. The second-order valence-corrected chi connectivity index (χ2v) is 5.10. The molecule has 0 radical (unpaired) electrons. The number of halogens is 1. The lowest BCUT2D eigenvalue weighted by Crippen LogP contribution is -2.05. The molecule has 0 unspecified atom stereocenters. The first kappa shape index (κ1) is 14.5. The van der Waals surface area contributed by atoms with E-state index in [1.807, 2.05) is 0 Å². The van der Waals surface area contributed by atoms with Crippen molar-refractivity contribution in [2.45, 2.75) is 0 Å². The zero-order valence-electron chi connectivity index (χ0n) is 12.1. The minimum Gasteiger partial charge on any atom is -0.493 e. The van der Waals surface area contributed by atoms with Crippen LogP contribution in [-0.4, -0.2) is 14.2 Å². The molecule has 0 fully saturated rings. The fourth-order valence-corrected chi connectivity index (χ4v) is 2.47. The van der Waals surface area contributed by atoms with Gasteiger partial charge in [0.05, 0.1) is 25.2 Å². The normalized spacial score (nSPS) is 10.7. The van der Waals surface area contributed by atoms with Crippen molar-refractivity contribution in [3.05, 3.63) is 57.9 Å². The van der Waals surface area contributed by atoms with E-state index in [9.17, 15) is 4.79 Å². The van der Waals surface area contributed by atoms with Crippen LogP contribution in [0.4, 0.5) is 0 Å². The lowest BCUT2D eigenvalue weighted by Gasteiger charge is -2.10. The van der Waals surface area contributed by atoms with E-state index in [4.69, 9.17) is 25.5 Å². The molecule has 0 saturated heterocycles. The van der Waals surface area contributed by atoms with E-state index in [1.165, 1.54) is 20.5 Å². The molecule has 112 valence electrons. The summed E-state index contributed by atoms with van der Waals surface area (Å²) in [5.41, 5.74) is 1.44. The van der Waals surface area contributed by atoms with Gasteiger partial charge in [0.25, 0.3) is 0 Å². The number of fused-ring (bicyclic) bond motifs is 1. The second kappa shape index (κ2) is 5.73. The fourth-order valence-electron chi connectivity index (χ4n) is 2.34. The van der Waals surface area contributed by atoms with E-state index in [-0.39, 0.29) is 5.43 Å². The van der Waals surface area contributed by atoms with Gasteiger partial charge in [-0.05, 0) is 29.8 Å². The molecular formula is C17H13ClO4. The van der Waals surface area contributed by atoms with Crippen molar-refractivity contribution in [2.24, 2.45) is 0 Å². The summed E-state index contributed by atoms with van der Waals surface area (Å²) in [4.78, 5) is 12.7. The molecule has 0 aliphatic rings. The minimum absolute atomic E-state index is 0.135. The summed E-state index contributed by atoms with van der Waals surface area (Å²) in [6, 6.07) is 10.4. The number of hydrogen-bond acceptors (Lipinski definition) is 4. The third-order valence-corrected chi connectivity index (χ3v) is 3.69. The SMILES string of the molecule is COc1ccc2c(=O)c(-c3ccc(Cl)cc3)coc2c1OC. The minimum atomic E-state index is -0.135. The maximum atomic E-state index is 12.7. The van der Waals surface area contributed by atoms with E-state index in [0.717, 1.165) is 5.56 Å². The van der Waals surface area contributed by atoms with Crippen molar-refractivity contribution in [1.82, 2.24) is 0 Å². The first-order valence-electron chi connectivity index (χ1n) is 6.58. The number of ether oxygens (including phenoxy) is 2. The highest BCUT2D eigenvalue weighted by molar-refractivity contribution is 6.30. The highest BCUT2D eigenvalue weighted by atomic mass is 35.5. The Labute approximate surface area is 131 Å². The van der Waals surface area contributed by atoms with Crippen LogP contribution in [0.3, 0.4) is 0 Å². The zero-order valence-corrected chi connectivity index (χ0v) is 12.8. The Morgan fingerprint density at radius 2 is 1.73 bits per heavy atom. The highest BCUT2D eigenvalue weighted by Gasteiger charge is 2.16. The Balaban J connectivity index is 2.27. The first-order chi connectivity index (χ1) is 10.7. The summed E-state index contributed by atoms with van der Waals surface area (Å²) >= 11 is 5.87. The molecule has 0 amide bonds. The van der Waals surface area contributed by atoms with Crippen LogP contribution in [0, 0.1) is 0 Å². The van der Waals surface area contributed by atoms with E-state index >= 15 is 0 Å². The van der Waals surface area contributed by atoms with Crippen molar-refractivity contribution in [3.8, 4) is 22.6 Å². The molecule has 0 atom stereocenters.